The highest BCUT2D eigenvalue weighted by Crippen LogP contribution is 2.19. The molecule has 2 aromatic carbocycles. The van der Waals surface area contributed by atoms with Gasteiger partial charge in [-0.1, -0.05) is 29.3 Å². The molecule has 0 saturated heterocycles. The molecule has 0 aliphatic carbocycles. The van der Waals surface area contributed by atoms with Crippen LogP contribution >= 0.6 is 35.4 Å². The number of thiocarbonyl (C=S) groups is 1. The van der Waals surface area contributed by atoms with Crippen LogP contribution < -0.4 is 10.6 Å². The topological polar surface area (TPSA) is 24.1 Å². The Labute approximate surface area is 136 Å². The van der Waals surface area contributed by atoms with Gasteiger partial charge in [-0.2, -0.15) is 0 Å². The lowest BCUT2D eigenvalue weighted by Crippen LogP contribution is -2.28. The van der Waals surface area contributed by atoms with Crippen LogP contribution in [-0.4, -0.2) is 5.11 Å². The van der Waals surface area contributed by atoms with Gasteiger partial charge in [-0.15, -0.1) is 0 Å². The van der Waals surface area contributed by atoms with Gasteiger partial charge in [0, 0.05) is 22.8 Å². The number of hydrogen-bond donors (Lipinski definition) is 2. The van der Waals surface area contributed by atoms with Crippen LogP contribution in [0.3, 0.4) is 0 Å². The molecule has 0 atom stereocenters. The van der Waals surface area contributed by atoms with E-state index >= 15 is 0 Å². The molecule has 7 heteroatoms. The van der Waals surface area contributed by atoms with Gasteiger partial charge in [-0.05, 0) is 42.5 Å². The molecule has 2 nitrogen and oxygen atoms in total. The highest BCUT2D eigenvalue weighted by molar-refractivity contribution is 7.80. The van der Waals surface area contributed by atoms with E-state index in [1.165, 1.54) is 24.3 Å². The van der Waals surface area contributed by atoms with Gasteiger partial charge in [0.25, 0.3) is 0 Å². The number of halogens is 4. The fourth-order valence-corrected chi connectivity index (χ4v) is 2.12. The van der Waals surface area contributed by atoms with Crippen molar-refractivity contribution >= 4 is 46.2 Å². The van der Waals surface area contributed by atoms with Gasteiger partial charge < -0.3 is 10.6 Å². The summed E-state index contributed by atoms with van der Waals surface area (Å²) in [5.74, 6) is -0.924. The highest BCUT2D eigenvalue weighted by Gasteiger charge is 2.05. The van der Waals surface area contributed by atoms with Gasteiger partial charge in [-0.3, -0.25) is 0 Å². The Balaban J connectivity index is 1.94. The maximum absolute atomic E-state index is 13.6. The second kappa shape index (κ2) is 7.02. The second-order valence-corrected chi connectivity index (χ2v) is 5.42. The summed E-state index contributed by atoms with van der Waals surface area (Å²) in [5, 5.41) is 6.27. The first-order valence-electron chi connectivity index (χ1n) is 5.89. The largest absolute Gasteiger partial charge is 0.358 e. The minimum atomic E-state index is -0.510. The molecule has 0 unspecified atom stereocenters. The fourth-order valence-electron chi connectivity index (χ4n) is 1.59. The Morgan fingerprint density at radius 1 is 1.05 bits per heavy atom. The van der Waals surface area contributed by atoms with Gasteiger partial charge in [0.2, 0.25) is 0 Å². The van der Waals surface area contributed by atoms with Crippen molar-refractivity contribution in [1.82, 2.24) is 5.32 Å². The van der Waals surface area contributed by atoms with Crippen LogP contribution in [0.25, 0.3) is 0 Å². The Bertz CT molecular complexity index is 680. The van der Waals surface area contributed by atoms with Crippen molar-refractivity contribution in [3.8, 4) is 0 Å². The normalized spacial score (nSPS) is 10.3. The van der Waals surface area contributed by atoms with Crippen molar-refractivity contribution in [2.75, 3.05) is 5.32 Å². The van der Waals surface area contributed by atoms with E-state index in [1.54, 1.807) is 12.1 Å². The molecular formula is C14H10Cl2F2N2S. The molecule has 110 valence electrons. The van der Waals surface area contributed by atoms with E-state index in [9.17, 15) is 8.78 Å². The van der Waals surface area contributed by atoms with Crippen LogP contribution in [0.1, 0.15) is 5.56 Å². The Hall–Kier alpha value is -1.43. The Kier molecular flexibility index (Phi) is 5.33. The van der Waals surface area contributed by atoms with Crippen molar-refractivity contribution in [3.05, 3.63) is 63.6 Å². The molecule has 0 radical (unpaired) electrons. The predicted molar refractivity (Wildman–Crippen MR) is 85.9 cm³/mol. The molecule has 0 saturated carbocycles. The summed E-state index contributed by atoms with van der Waals surface area (Å²) in [5.41, 5.74) is 0.969. The van der Waals surface area contributed by atoms with E-state index in [0.717, 1.165) is 0 Å². The zero-order chi connectivity index (χ0) is 15.4. The van der Waals surface area contributed by atoms with Crippen LogP contribution in [0.5, 0.6) is 0 Å². The monoisotopic (exact) mass is 346 g/mol. The van der Waals surface area contributed by atoms with Crippen molar-refractivity contribution in [2.24, 2.45) is 0 Å². The predicted octanol–water partition coefficient (Wildman–Crippen LogP) is 4.76. The van der Waals surface area contributed by atoms with Crippen molar-refractivity contribution in [3.63, 3.8) is 0 Å². The SMILES string of the molecule is Fc1ccc(NC(=S)NCc2ccc(Cl)cc2F)cc1Cl. The minimum Gasteiger partial charge on any atom is -0.358 e. The lowest BCUT2D eigenvalue weighted by Gasteiger charge is -2.11. The summed E-state index contributed by atoms with van der Waals surface area (Å²) in [4.78, 5) is 0. The quantitative estimate of drug-likeness (QED) is 0.783. The first-order valence-corrected chi connectivity index (χ1v) is 7.06. The van der Waals surface area contributed by atoms with Crippen LogP contribution in [0.2, 0.25) is 10.0 Å². The Morgan fingerprint density at radius 3 is 2.48 bits per heavy atom. The van der Waals surface area contributed by atoms with Crippen LogP contribution in [0, 0.1) is 11.6 Å². The average molecular weight is 347 g/mol. The van der Waals surface area contributed by atoms with Crippen LogP contribution in [0.15, 0.2) is 36.4 Å². The molecule has 2 N–H and O–H groups in total. The molecule has 0 amide bonds. The van der Waals surface area contributed by atoms with E-state index in [1.807, 2.05) is 0 Å². The zero-order valence-corrected chi connectivity index (χ0v) is 12.9. The molecule has 0 bridgehead atoms. The van der Waals surface area contributed by atoms with Gasteiger partial charge in [0.05, 0.1) is 5.02 Å². The van der Waals surface area contributed by atoms with Crippen molar-refractivity contribution in [1.29, 1.82) is 0 Å². The summed E-state index contributed by atoms with van der Waals surface area (Å²) in [7, 11) is 0. The van der Waals surface area contributed by atoms with Crippen molar-refractivity contribution < 1.29 is 8.78 Å². The van der Waals surface area contributed by atoms with E-state index in [2.05, 4.69) is 10.6 Å². The number of benzene rings is 2. The standard InChI is InChI=1S/C14H10Cl2F2N2S/c15-9-2-1-8(13(18)5-9)7-19-14(21)20-10-3-4-12(17)11(16)6-10/h1-6H,7H2,(H2,19,20,21). The molecule has 0 aromatic heterocycles. The summed E-state index contributed by atoms with van der Waals surface area (Å²) < 4.78 is 26.6. The maximum atomic E-state index is 13.6. The lowest BCUT2D eigenvalue weighted by atomic mass is 10.2. The van der Waals surface area contributed by atoms with Gasteiger partial charge >= 0.3 is 0 Å². The average Bonchev–Trinajstić information content (AvgIpc) is 2.42. The van der Waals surface area contributed by atoms with E-state index in [4.69, 9.17) is 35.4 Å². The molecular weight excluding hydrogens is 337 g/mol. The molecule has 0 heterocycles. The third-order valence-corrected chi connectivity index (χ3v) is 3.40. The van der Waals surface area contributed by atoms with Crippen LogP contribution in [0.4, 0.5) is 14.5 Å². The van der Waals surface area contributed by atoms with E-state index in [-0.39, 0.29) is 16.7 Å². The Morgan fingerprint density at radius 2 is 1.81 bits per heavy atom. The molecule has 21 heavy (non-hydrogen) atoms. The smallest absolute Gasteiger partial charge is 0.171 e. The summed E-state index contributed by atoms with van der Waals surface area (Å²) in [6.07, 6.45) is 0. The highest BCUT2D eigenvalue weighted by atomic mass is 35.5. The van der Waals surface area contributed by atoms with E-state index in [0.29, 0.717) is 16.3 Å². The molecule has 0 fully saturated rings. The first kappa shape index (κ1) is 15.9. The van der Waals surface area contributed by atoms with Crippen LogP contribution in [-0.2, 0) is 6.54 Å². The molecule has 0 spiro atoms. The summed E-state index contributed by atoms with van der Waals surface area (Å²) in [6.45, 7) is 0.198. The van der Waals surface area contributed by atoms with Gasteiger partial charge in [0.15, 0.2) is 5.11 Å². The second-order valence-electron chi connectivity index (χ2n) is 4.17. The molecule has 0 aliphatic heterocycles. The minimum absolute atomic E-state index is 0.00783. The molecule has 0 aliphatic rings. The van der Waals surface area contributed by atoms with Gasteiger partial charge in [0.1, 0.15) is 11.6 Å². The van der Waals surface area contributed by atoms with E-state index < -0.39 is 11.6 Å². The molecule has 2 rings (SSSR count). The third kappa shape index (κ3) is 4.52. The van der Waals surface area contributed by atoms with Gasteiger partial charge in [-0.25, -0.2) is 8.78 Å². The summed E-state index contributed by atoms with van der Waals surface area (Å²) >= 11 is 16.4. The first-order chi connectivity index (χ1) is 9.95. The number of nitrogens with one attached hydrogen (secondary N) is 2. The third-order valence-electron chi connectivity index (χ3n) is 2.63. The fraction of sp³-hybridized carbons (Fsp3) is 0.0714. The molecule has 2 aromatic rings. The van der Waals surface area contributed by atoms with Crippen molar-refractivity contribution in [2.45, 2.75) is 6.54 Å². The lowest BCUT2D eigenvalue weighted by molar-refractivity contribution is 0.606. The number of anilines is 1. The summed E-state index contributed by atoms with van der Waals surface area (Å²) in [6, 6.07) is 8.53. The zero-order valence-electron chi connectivity index (χ0n) is 10.6. The number of hydrogen-bond acceptors (Lipinski definition) is 1. The number of rotatable bonds is 3. The maximum Gasteiger partial charge on any atom is 0.171 e.